The molecule has 0 radical (unpaired) electrons. The van der Waals surface area contributed by atoms with Gasteiger partial charge in [0.05, 0.1) is 28.0 Å². The average molecular weight is 415 g/mol. The third-order valence-corrected chi connectivity index (χ3v) is 6.42. The predicted octanol–water partition coefficient (Wildman–Crippen LogP) is 6.53. The number of carbonyl (C=O) groups is 1. The number of hydrogen-bond acceptors (Lipinski definition) is 3. The van der Waals surface area contributed by atoms with E-state index in [1.54, 1.807) is 12.1 Å². The standard InChI is InChI=1S/C23H24Cl2N2O/c1-12-7-17-18(8-13(12)2)27-22(15-6-5-14(24)9-16(15)25)21-19(26-17)10-23(3,4)11-20(21)28/h5-9,19,21,26H,10-11H2,1-4H3. The smallest absolute Gasteiger partial charge is 0.144 e. The van der Waals surface area contributed by atoms with Gasteiger partial charge in [-0.05, 0) is 61.1 Å². The van der Waals surface area contributed by atoms with E-state index < -0.39 is 0 Å². The molecule has 0 spiro atoms. The number of ketones is 1. The lowest BCUT2D eigenvalue weighted by atomic mass is 9.67. The van der Waals surface area contributed by atoms with Gasteiger partial charge in [0, 0.05) is 23.0 Å². The Balaban J connectivity index is 1.94. The molecule has 5 heteroatoms. The van der Waals surface area contributed by atoms with Gasteiger partial charge in [-0.3, -0.25) is 4.79 Å². The first-order valence-corrected chi connectivity index (χ1v) is 10.3. The second-order valence-corrected chi connectivity index (χ2v) is 9.66. The maximum atomic E-state index is 13.3. The van der Waals surface area contributed by atoms with Gasteiger partial charge in [0.1, 0.15) is 5.78 Å². The Morgan fingerprint density at radius 2 is 1.82 bits per heavy atom. The van der Waals surface area contributed by atoms with E-state index >= 15 is 0 Å². The van der Waals surface area contributed by atoms with Crippen molar-refractivity contribution in [3.8, 4) is 0 Å². The fourth-order valence-corrected chi connectivity index (χ4v) is 4.91. The van der Waals surface area contributed by atoms with Crippen LogP contribution >= 0.6 is 23.2 Å². The number of nitrogens with one attached hydrogen (secondary N) is 1. The number of nitrogens with zero attached hydrogens (tertiary/aromatic N) is 1. The number of rotatable bonds is 1. The lowest BCUT2D eigenvalue weighted by Crippen LogP contribution is -2.48. The zero-order valence-corrected chi connectivity index (χ0v) is 18.1. The monoisotopic (exact) mass is 414 g/mol. The molecule has 0 saturated heterocycles. The predicted molar refractivity (Wildman–Crippen MR) is 117 cm³/mol. The average Bonchev–Trinajstić information content (AvgIpc) is 2.71. The van der Waals surface area contributed by atoms with Crippen molar-refractivity contribution in [2.75, 3.05) is 5.32 Å². The number of Topliss-reactive ketones (excluding diaryl/α,β-unsaturated/α-hetero) is 1. The first-order valence-electron chi connectivity index (χ1n) is 9.59. The van der Waals surface area contributed by atoms with Crippen LogP contribution in [0, 0.1) is 25.2 Å². The second kappa shape index (κ2) is 6.89. The Kier molecular flexibility index (Phi) is 4.79. The molecule has 0 amide bonds. The molecule has 1 aliphatic heterocycles. The molecule has 28 heavy (non-hydrogen) atoms. The molecule has 1 aliphatic carbocycles. The van der Waals surface area contributed by atoms with Crippen molar-refractivity contribution in [3.63, 3.8) is 0 Å². The summed E-state index contributed by atoms with van der Waals surface area (Å²) in [5.41, 5.74) is 5.66. The summed E-state index contributed by atoms with van der Waals surface area (Å²) in [7, 11) is 0. The van der Waals surface area contributed by atoms with Crippen LogP contribution in [0.15, 0.2) is 35.3 Å². The summed E-state index contributed by atoms with van der Waals surface area (Å²) >= 11 is 12.6. The van der Waals surface area contributed by atoms with Gasteiger partial charge in [-0.2, -0.15) is 0 Å². The van der Waals surface area contributed by atoms with Gasteiger partial charge in [0.2, 0.25) is 0 Å². The first kappa shape index (κ1) is 19.5. The zero-order chi connectivity index (χ0) is 20.2. The second-order valence-electron chi connectivity index (χ2n) is 8.81. The Bertz CT molecular complexity index is 1010. The lowest BCUT2D eigenvalue weighted by Gasteiger charge is -2.40. The maximum Gasteiger partial charge on any atom is 0.144 e. The first-order chi connectivity index (χ1) is 13.1. The van der Waals surface area contributed by atoms with Crippen molar-refractivity contribution in [1.82, 2.24) is 0 Å². The van der Waals surface area contributed by atoms with E-state index in [4.69, 9.17) is 28.2 Å². The zero-order valence-electron chi connectivity index (χ0n) is 16.6. The molecular formula is C23H24Cl2N2O. The highest BCUT2D eigenvalue weighted by atomic mass is 35.5. The molecule has 1 heterocycles. The van der Waals surface area contributed by atoms with E-state index in [-0.39, 0.29) is 23.2 Å². The largest absolute Gasteiger partial charge is 0.379 e. The number of aliphatic imine (C=N–C) groups is 1. The van der Waals surface area contributed by atoms with Crippen LogP contribution in [0.2, 0.25) is 10.0 Å². The van der Waals surface area contributed by atoms with Gasteiger partial charge in [-0.25, -0.2) is 4.99 Å². The molecule has 3 nitrogen and oxygen atoms in total. The van der Waals surface area contributed by atoms with Crippen LogP contribution in [-0.2, 0) is 4.79 Å². The number of fused-ring (bicyclic) bond motifs is 2. The fourth-order valence-electron chi connectivity index (χ4n) is 4.40. The highest BCUT2D eigenvalue weighted by Crippen LogP contribution is 2.44. The topological polar surface area (TPSA) is 41.5 Å². The van der Waals surface area contributed by atoms with Crippen LogP contribution in [0.4, 0.5) is 11.4 Å². The van der Waals surface area contributed by atoms with Gasteiger partial charge < -0.3 is 5.32 Å². The third kappa shape index (κ3) is 3.46. The van der Waals surface area contributed by atoms with E-state index in [1.807, 2.05) is 6.07 Å². The summed E-state index contributed by atoms with van der Waals surface area (Å²) in [6.07, 6.45) is 1.43. The molecule has 2 aliphatic rings. The number of hydrogen-bond donors (Lipinski definition) is 1. The molecule has 2 unspecified atom stereocenters. The summed E-state index contributed by atoms with van der Waals surface area (Å²) in [4.78, 5) is 18.2. The van der Waals surface area contributed by atoms with Crippen LogP contribution in [0.1, 0.15) is 43.4 Å². The lowest BCUT2D eigenvalue weighted by molar-refractivity contribution is -0.125. The van der Waals surface area contributed by atoms with E-state index in [1.165, 1.54) is 11.1 Å². The third-order valence-electron chi connectivity index (χ3n) is 5.87. The van der Waals surface area contributed by atoms with E-state index in [0.717, 1.165) is 29.1 Å². The van der Waals surface area contributed by atoms with Crippen molar-refractivity contribution < 1.29 is 4.79 Å². The fraction of sp³-hybridized carbons (Fsp3) is 0.391. The molecule has 1 N–H and O–H groups in total. The summed E-state index contributed by atoms with van der Waals surface area (Å²) in [6.45, 7) is 8.48. The van der Waals surface area contributed by atoms with Crippen LogP contribution in [0.25, 0.3) is 0 Å². The highest BCUT2D eigenvalue weighted by molar-refractivity contribution is 6.37. The van der Waals surface area contributed by atoms with Crippen molar-refractivity contribution in [3.05, 3.63) is 57.1 Å². The minimum atomic E-state index is -0.334. The van der Waals surface area contributed by atoms with Crippen molar-refractivity contribution >= 4 is 46.1 Å². The van der Waals surface area contributed by atoms with Gasteiger partial charge >= 0.3 is 0 Å². The molecule has 0 bridgehead atoms. The molecule has 2 aromatic carbocycles. The highest BCUT2D eigenvalue weighted by Gasteiger charge is 2.45. The maximum absolute atomic E-state index is 13.3. The van der Waals surface area contributed by atoms with Gasteiger partial charge in [-0.15, -0.1) is 0 Å². The molecule has 1 fully saturated rings. The Labute approximate surface area is 176 Å². The summed E-state index contributed by atoms with van der Waals surface area (Å²) in [5.74, 6) is -0.125. The van der Waals surface area contributed by atoms with Gasteiger partial charge in [-0.1, -0.05) is 43.1 Å². The molecule has 2 aromatic rings. The molecule has 146 valence electrons. The van der Waals surface area contributed by atoms with E-state index in [9.17, 15) is 4.79 Å². The molecule has 2 atom stereocenters. The van der Waals surface area contributed by atoms with Crippen molar-refractivity contribution in [2.45, 2.75) is 46.6 Å². The van der Waals surface area contributed by atoms with Gasteiger partial charge in [0.15, 0.2) is 0 Å². The van der Waals surface area contributed by atoms with Crippen molar-refractivity contribution in [2.24, 2.45) is 16.3 Å². The van der Waals surface area contributed by atoms with Crippen LogP contribution in [-0.4, -0.2) is 17.5 Å². The minimum Gasteiger partial charge on any atom is -0.379 e. The number of benzene rings is 2. The Morgan fingerprint density at radius 1 is 1.11 bits per heavy atom. The number of halogens is 2. The number of anilines is 1. The summed E-state index contributed by atoms with van der Waals surface area (Å²) in [6, 6.07) is 9.58. The molecule has 1 saturated carbocycles. The number of carbonyl (C=O) groups excluding carboxylic acids is 1. The summed E-state index contributed by atoms with van der Waals surface area (Å²) in [5, 5.41) is 4.73. The molecular weight excluding hydrogens is 391 g/mol. The van der Waals surface area contributed by atoms with E-state index in [2.05, 4.69) is 45.1 Å². The van der Waals surface area contributed by atoms with Crippen molar-refractivity contribution in [1.29, 1.82) is 0 Å². The Hall–Kier alpha value is -1.84. The molecule has 4 rings (SSSR count). The quantitative estimate of drug-likeness (QED) is 0.575. The van der Waals surface area contributed by atoms with Crippen LogP contribution in [0.3, 0.4) is 0 Å². The van der Waals surface area contributed by atoms with E-state index in [0.29, 0.717) is 16.5 Å². The summed E-state index contributed by atoms with van der Waals surface area (Å²) < 4.78 is 0. The minimum absolute atomic E-state index is 0.0231. The SMILES string of the molecule is Cc1cc2c(cc1C)NC1CC(C)(C)CC(=O)C1C(c1ccc(Cl)cc1Cl)=N2. The molecule has 0 aromatic heterocycles. The Morgan fingerprint density at radius 3 is 2.54 bits per heavy atom. The van der Waals surface area contributed by atoms with Gasteiger partial charge in [0.25, 0.3) is 0 Å². The number of aryl methyl sites for hydroxylation is 2. The normalized spacial score (nSPS) is 23.2. The van der Waals surface area contributed by atoms with Crippen LogP contribution in [0.5, 0.6) is 0 Å². The van der Waals surface area contributed by atoms with Crippen LogP contribution < -0.4 is 5.32 Å².